The molecule has 0 saturated heterocycles. The molecule has 110 valence electrons. The molecule has 0 aliphatic heterocycles. The van der Waals surface area contributed by atoms with Crippen LogP contribution in [-0.4, -0.2) is 32.0 Å². The Labute approximate surface area is 120 Å². The maximum Gasteiger partial charge on any atom is 0.358 e. The minimum absolute atomic E-state index is 0.0718. The predicted octanol–water partition coefficient (Wildman–Crippen LogP) is 0.635. The Kier molecular flexibility index (Phi) is 4.29. The summed E-state index contributed by atoms with van der Waals surface area (Å²) in [5.74, 6) is -1.56. The molecule has 1 amide bonds. The highest BCUT2D eigenvalue weighted by Crippen LogP contribution is 2.15. The van der Waals surface area contributed by atoms with Crippen LogP contribution in [-0.2, 0) is 11.3 Å². The molecule has 1 aromatic heterocycles. The van der Waals surface area contributed by atoms with Gasteiger partial charge in [0.25, 0.3) is 0 Å². The number of anilines is 1. The number of amides is 1. The van der Waals surface area contributed by atoms with Gasteiger partial charge in [-0.05, 0) is 19.1 Å². The van der Waals surface area contributed by atoms with Gasteiger partial charge >= 0.3 is 5.97 Å². The summed E-state index contributed by atoms with van der Waals surface area (Å²) in [5.41, 5.74) is 6.14. The number of aromatic nitrogens is 3. The van der Waals surface area contributed by atoms with Gasteiger partial charge in [-0.3, -0.25) is 4.79 Å². The quantitative estimate of drug-likeness (QED) is 0.742. The van der Waals surface area contributed by atoms with E-state index >= 15 is 0 Å². The number of carboxylic acids is 1. The molecule has 8 heteroatoms. The summed E-state index contributed by atoms with van der Waals surface area (Å²) in [7, 11) is 0. The van der Waals surface area contributed by atoms with Crippen LogP contribution in [0.2, 0.25) is 0 Å². The summed E-state index contributed by atoms with van der Waals surface area (Å²) in [5, 5.41) is 19.0. The van der Waals surface area contributed by atoms with E-state index in [0.29, 0.717) is 5.69 Å². The third kappa shape index (κ3) is 3.06. The number of hydrogen-bond donors (Lipinski definition) is 3. The van der Waals surface area contributed by atoms with Gasteiger partial charge in [0.05, 0.1) is 5.69 Å². The van der Waals surface area contributed by atoms with Gasteiger partial charge in [0.2, 0.25) is 5.91 Å². The van der Waals surface area contributed by atoms with E-state index in [1.807, 2.05) is 6.07 Å². The summed E-state index contributed by atoms with van der Waals surface area (Å²) >= 11 is 0. The van der Waals surface area contributed by atoms with Gasteiger partial charge in [-0.2, -0.15) is 0 Å². The monoisotopic (exact) mass is 289 g/mol. The third-order valence-corrected chi connectivity index (χ3v) is 2.97. The molecular formula is C13H15N5O3. The van der Waals surface area contributed by atoms with Gasteiger partial charge in [0.1, 0.15) is 6.04 Å². The van der Waals surface area contributed by atoms with Gasteiger partial charge in [0, 0.05) is 12.2 Å². The molecule has 0 aliphatic carbocycles. The molecule has 2 rings (SSSR count). The van der Waals surface area contributed by atoms with Crippen molar-refractivity contribution in [2.75, 3.05) is 5.32 Å². The number of nitrogens with one attached hydrogen (secondary N) is 1. The van der Waals surface area contributed by atoms with Gasteiger partial charge in [0.15, 0.2) is 5.69 Å². The van der Waals surface area contributed by atoms with Gasteiger partial charge < -0.3 is 16.2 Å². The van der Waals surface area contributed by atoms with Gasteiger partial charge in [-0.25, -0.2) is 9.48 Å². The van der Waals surface area contributed by atoms with E-state index in [1.165, 1.54) is 4.68 Å². The van der Waals surface area contributed by atoms with Crippen LogP contribution in [0.15, 0.2) is 30.3 Å². The lowest BCUT2D eigenvalue weighted by Crippen LogP contribution is -2.27. The van der Waals surface area contributed by atoms with Crippen molar-refractivity contribution in [3.05, 3.63) is 41.7 Å². The number of carbonyl (C=O) groups is 2. The van der Waals surface area contributed by atoms with E-state index in [1.54, 1.807) is 31.2 Å². The molecule has 1 aromatic carbocycles. The predicted molar refractivity (Wildman–Crippen MR) is 74.7 cm³/mol. The smallest absolute Gasteiger partial charge is 0.358 e. The van der Waals surface area contributed by atoms with Gasteiger partial charge in [-0.15, -0.1) is 5.10 Å². The first-order valence-electron chi connectivity index (χ1n) is 6.28. The summed E-state index contributed by atoms with van der Waals surface area (Å²) in [6.45, 7) is 1.52. The lowest BCUT2D eigenvalue weighted by molar-refractivity contribution is -0.119. The number of benzene rings is 1. The fourth-order valence-corrected chi connectivity index (χ4v) is 1.86. The Morgan fingerprint density at radius 3 is 2.62 bits per heavy atom. The maximum atomic E-state index is 12.2. The number of aromatic carboxylic acids is 1. The van der Waals surface area contributed by atoms with E-state index in [2.05, 4.69) is 15.6 Å². The zero-order chi connectivity index (χ0) is 15.4. The van der Waals surface area contributed by atoms with Crippen molar-refractivity contribution in [1.82, 2.24) is 15.0 Å². The fraction of sp³-hybridized carbons (Fsp3) is 0.231. The standard InChI is InChI=1S/C13H15N5O3/c1-8(12(19)15-9-5-3-2-4-6-9)18-10(7-14)11(13(20)21)16-17-18/h2-6,8H,7,14H2,1H3,(H,15,19)(H,20,21). The average molecular weight is 289 g/mol. The van der Waals surface area contributed by atoms with Crippen molar-refractivity contribution in [1.29, 1.82) is 0 Å². The number of hydrogen-bond acceptors (Lipinski definition) is 5. The summed E-state index contributed by atoms with van der Waals surface area (Å²) in [4.78, 5) is 23.2. The zero-order valence-corrected chi connectivity index (χ0v) is 11.4. The van der Waals surface area contributed by atoms with Crippen LogP contribution < -0.4 is 11.1 Å². The lowest BCUT2D eigenvalue weighted by atomic mass is 10.2. The van der Waals surface area contributed by atoms with Crippen molar-refractivity contribution >= 4 is 17.6 Å². The third-order valence-electron chi connectivity index (χ3n) is 2.97. The highest BCUT2D eigenvalue weighted by Gasteiger charge is 2.24. The van der Waals surface area contributed by atoms with Crippen molar-refractivity contribution in [2.24, 2.45) is 5.73 Å². The van der Waals surface area contributed by atoms with E-state index < -0.39 is 12.0 Å². The second-order valence-corrected chi connectivity index (χ2v) is 4.37. The second-order valence-electron chi connectivity index (χ2n) is 4.37. The second kappa shape index (κ2) is 6.14. The molecule has 0 spiro atoms. The number of nitrogens with two attached hydrogens (primary N) is 1. The molecule has 0 saturated carbocycles. The highest BCUT2D eigenvalue weighted by atomic mass is 16.4. The Hall–Kier alpha value is -2.74. The van der Waals surface area contributed by atoms with Crippen LogP contribution in [0.25, 0.3) is 0 Å². The first-order valence-corrected chi connectivity index (χ1v) is 6.28. The summed E-state index contributed by atoms with van der Waals surface area (Å²) in [6, 6.07) is 8.19. The average Bonchev–Trinajstić information content (AvgIpc) is 2.91. The molecule has 0 fully saturated rings. The first kappa shape index (κ1) is 14.7. The fourth-order valence-electron chi connectivity index (χ4n) is 1.86. The molecule has 2 aromatic rings. The maximum absolute atomic E-state index is 12.2. The Balaban J connectivity index is 2.22. The molecule has 0 radical (unpaired) electrons. The topological polar surface area (TPSA) is 123 Å². The molecule has 0 aliphatic rings. The molecule has 1 atom stereocenters. The normalized spacial score (nSPS) is 11.9. The van der Waals surface area contributed by atoms with E-state index in [4.69, 9.17) is 10.8 Å². The van der Waals surface area contributed by atoms with Crippen LogP contribution >= 0.6 is 0 Å². The number of carbonyl (C=O) groups excluding carboxylic acids is 1. The van der Waals surface area contributed by atoms with Crippen LogP contribution in [0.4, 0.5) is 5.69 Å². The van der Waals surface area contributed by atoms with E-state index in [-0.39, 0.29) is 23.8 Å². The number of rotatable bonds is 5. The van der Waals surface area contributed by atoms with Crippen LogP contribution in [0.3, 0.4) is 0 Å². The van der Waals surface area contributed by atoms with Crippen LogP contribution in [0.5, 0.6) is 0 Å². The summed E-state index contributed by atoms with van der Waals surface area (Å²) in [6.07, 6.45) is 0. The number of para-hydroxylation sites is 1. The van der Waals surface area contributed by atoms with Gasteiger partial charge in [-0.1, -0.05) is 23.4 Å². The van der Waals surface area contributed by atoms with Crippen LogP contribution in [0.1, 0.15) is 29.1 Å². The molecule has 1 unspecified atom stereocenters. The molecule has 1 heterocycles. The van der Waals surface area contributed by atoms with Crippen molar-refractivity contribution in [3.8, 4) is 0 Å². The van der Waals surface area contributed by atoms with Crippen molar-refractivity contribution in [3.63, 3.8) is 0 Å². The Bertz CT molecular complexity index is 653. The molecule has 8 nitrogen and oxygen atoms in total. The van der Waals surface area contributed by atoms with Crippen molar-refractivity contribution in [2.45, 2.75) is 19.5 Å². The largest absolute Gasteiger partial charge is 0.476 e. The SMILES string of the molecule is CC(C(=O)Nc1ccccc1)n1nnc(C(=O)O)c1CN. The Morgan fingerprint density at radius 1 is 1.38 bits per heavy atom. The lowest BCUT2D eigenvalue weighted by Gasteiger charge is -2.14. The van der Waals surface area contributed by atoms with Crippen molar-refractivity contribution < 1.29 is 14.7 Å². The first-order chi connectivity index (χ1) is 10.0. The molecular weight excluding hydrogens is 274 g/mol. The number of nitrogens with zero attached hydrogens (tertiary/aromatic N) is 3. The minimum atomic E-state index is -1.22. The highest BCUT2D eigenvalue weighted by molar-refractivity contribution is 5.93. The molecule has 0 bridgehead atoms. The van der Waals surface area contributed by atoms with Crippen LogP contribution in [0, 0.1) is 0 Å². The molecule has 4 N–H and O–H groups in total. The zero-order valence-electron chi connectivity index (χ0n) is 11.4. The number of carboxylic acid groups (broad SMARTS) is 1. The van der Waals surface area contributed by atoms with E-state index in [9.17, 15) is 9.59 Å². The van der Waals surface area contributed by atoms with E-state index in [0.717, 1.165) is 0 Å². The molecule has 21 heavy (non-hydrogen) atoms. The Morgan fingerprint density at radius 2 is 2.05 bits per heavy atom. The minimum Gasteiger partial charge on any atom is -0.476 e. The summed E-state index contributed by atoms with van der Waals surface area (Å²) < 4.78 is 1.22.